The molecular formula is C12H11ClN4O. The van der Waals surface area contributed by atoms with Crippen LogP contribution in [0.1, 0.15) is 29.1 Å². The molecule has 0 spiro atoms. The summed E-state index contributed by atoms with van der Waals surface area (Å²) < 4.78 is 0. The van der Waals surface area contributed by atoms with E-state index in [0.29, 0.717) is 0 Å². The van der Waals surface area contributed by atoms with E-state index in [2.05, 4.69) is 20.3 Å². The van der Waals surface area contributed by atoms with Gasteiger partial charge in [0.05, 0.1) is 11.7 Å². The van der Waals surface area contributed by atoms with Gasteiger partial charge in [0.2, 0.25) is 5.28 Å². The highest BCUT2D eigenvalue weighted by Crippen LogP contribution is 2.09. The van der Waals surface area contributed by atoms with Gasteiger partial charge in [-0.25, -0.2) is 9.97 Å². The number of carbonyl (C=O) groups is 1. The van der Waals surface area contributed by atoms with Gasteiger partial charge in [-0.1, -0.05) is 6.07 Å². The summed E-state index contributed by atoms with van der Waals surface area (Å²) in [7, 11) is 0. The van der Waals surface area contributed by atoms with Gasteiger partial charge in [-0.2, -0.15) is 0 Å². The number of nitrogens with one attached hydrogen (secondary N) is 1. The maximum absolute atomic E-state index is 11.9. The van der Waals surface area contributed by atoms with Crippen molar-refractivity contribution < 1.29 is 4.79 Å². The van der Waals surface area contributed by atoms with Gasteiger partial charge in [0.1, 0.15) is 5.69 Å². The summed E-state index contributed by atoms with van der Waals surface area (Å²) >= 11 is 5.63. The molecule has 0 radical (unpaired) electrons. The largest absolute Gasteiger partial charge is 0.343 e. The number of nitrogens with zero attached hydrogens (tertiary/aromatic N) is 3. The Morgan fingerprint density at radius 2 is 2.11 bits per heavy atom. The number of pyridine rings is 1. The second-order valence-electron chi connectivity index (χ2n) is 3.66. The van der Waals surface area contributed by atoms with Gasteiger partial charge < -0.3 is 5.32 Å². The first-order valence-corrected chi connectivity index (χ1v) is 5.75. The van der Waals surface area contributed by atoms with Crippen molar-refractivity contribution in [3.63, 3.8) is 0 Å². The molecule has 0 saturated heterocycles. The van der Waals surface area contributed by atoms with E-state index in [4.69, 9.17) is 11.6 Å². The summed E-state index contributed by atoms with van der Waals surface area (Å²) in [4.78, 5) is 23.6. The lowest BCUT2D eigenvalue weighted by molar-refractivity contribution is 0.0934. The minimum atomic E-state index is -0.308. The van der Waals surface area contributed by atoms with E-state index < -0.39 is 0 Å². The molecule has 0 fully saturated rings. The first-order valence-electron chi connectivity index (χ1n) is 5.37. The zero-order valence-electron chi connectivity index (χ0n) is 9.67. The second kappa shape index (κ2) is 5.55. The van der Waals surface area contributed by atoms with Crippen LogP contribution in [0.15, 0.2) is 36.7 Å². The number of amides is 1. The molecule has 2 aromatic rings. The standard InChI is InChI=1S/C12H11ClN4O/c1-8(9-4-2-3-6-14-9)16-11(18)10-5-7-15-12(13)17-10/h2-8H,1H3,(H,16,18). The van der Waals surface area contributed by atoms with Crippen LogP contribution >= 0.6 is 11.6 Å². The first kappa shape index (κ1) is 12.4. The van der Waals surface area contributed by atoms with Crippen molar-refractivity contribution in [2.45, 2.75) is 13.0 Å². The molecule has 1 unspecified atom stereocenters. The predicted molar refractivity (Wildman–Crippen MR) is 67.2 cm³/mol. The molecule has 6 heteroatoms. The van der Waals surface area contributed by atoms with E-state index >= 15 is 0 Å². The lowest BCUT2D eigenvalue weighted by Gasteiger charge is -2.12. The summed E-state index contributed by atoms with van der Waals surface area (Å²) in [6.07, 6.45) is 3.12. The first-order chi connectivity index (χ1) is 8.66. The van der Waals surface area contributed by atoms with E-state index in [9.17, 15) is 4.79 Å². The lowest BCUT2D eigenvalue weighted by atomic mass is 10.2. The lowest BCUT2D eigenvalue weighted by Crippen LogP contribution is -2.28. The van der Waals surface area contributed by atoms with Gasteiger partial charge in [-0.15, -0.1) is 0 Å². The Morgan fingerprint density at radius 3 is 2.78 bits per heavy atom. The fourth-order valence-corrected chi connectivity index (χ4v) is 1.59. The normalized spacial score (nSPS) is 11.9. The van der Waals surface area contributed by atoms with Crippen LogP contribution in [0.2, 0.25) is 5.28 Å². The maximum atomic E-state index is 11.9. The molecule has 18 heavy (non-hydrogen) atoms. The quantitative estimate of drug-likeness (QED) is 0.860. The van der Waals surface area contributed by atoms with Gasteiger partial charge in [0.25, 0.3) is 5.91 Å². The number of carbonyl (C=O) groups excluding carboxylic acids is 1. The molecule has 2 rings (SSSR count). The minimum Gasteiger partial charge on any atom is -0.343 e. The molecule has 5 nitrogen and oxygen atoms in total. The fraction of sp³-hybridized carbons (Fsp3) is 0.167. The summed E-state index contributed by atoms with van der Waals surface area (Å²) in [5, 5.41) is 2.84. The van der Waals surface area contributed by atoms with Gasteiger partial charge in [0.15, 0.2) is 0 Å². The van der Waals surface area contributed by atoms with E-state index in [1.165, 1.54) is 12.3 Å². The molecule has 0 aliphatic heterocycles. The third-order valence-corrected chi connectivity index (χ3v) is 2.52. The van der Waals surface area contributed by atoms with Crippen LogP contribution in [-0.4, -0.2) is 20.9 Å². The number of aromatic nitrogens is 3. The van der Waals surface area contributed by atoms with Crippen molar-refractivity contribution in [2.24, 2.45) is 0 Å². The molecular weight excluding hydrogens is 252 g/mol. The fourth-order valence-electron chi connectivity index (χ4n) is 1.44. The Hall–Kier alpha value is -2.01. The van der Waals surface area contributed by atoms with E-state index in [0.717, 1.165) is 5.69 Å². The molecule has 92 valence electrons. The molecule has 2 aromatic heterocycles. The molecule has 1 amide bonds. The van der Waals surface area contributed by atoms with Crippen molar-refractivity contribution >= 4 is 17.5 Å². The van der Waals surface area contributed by atoms with E-state index in [1.807, 2.05) is 25.1 Å². The Kier molecular flexibility index (Phi) is 3.84. The Bertz CT molecular complexity index is 547. The molecule has 0 aromatic carbocycles. The number of hydrogen-bond acceptors (Lipinski definition) is 4. The summed E-state index contributed by atoms with van der Waals surface area (Å²) in [6, 6.07) is 6.84. The van der Waals surface area contributed by atoms with Gasteiger partial charge in [-0.3, -0.25) is 9.78 Å². The highest BCUT2D eigenvalue weighted by atomic mass is 35.5. The van der Waals surface area contributed by atoms with E-state index in [-0.39, 0.29) is 22.9 Å². The summed E-state index contributed by atoms with van der Waals surface area (Å²) in [5.41, 5.74) is 1.02. The van der Waals surface area contributed by atoms with Crippen LogP contribution in [0.5, 0.6) is 0 Å². The highest BCUT2D eigenvalue weighted by Gasteiger charge is 2.13. The Balaban J connectivity index is 2.08. The van der Waals surface area contributed by atoms with Gasteiger partial charge in [-0.05, 0) is 36.7 Å². The highest BCUT2D eigenvalue weighted by molar-refractivity contribution is 6.28. The van der Waals surface area contributed by atoms with Crippen LogP contribution in [0.4, 0.5) is 0 Å². The average Bonchev–Trinajstić information content (AvgIpc) is 2.39. The van der Waals surface area contributed by atoms with Crippen LogP contribution in [0.3, 0.4) is 0 Å². The monoisotopic (exact) mass is 262 g/mol. The van der Waals surface area contributed by atoms with Gasteiger partial charge >= 0.3 is 0 Å². The van der Waals surface area contributed by atoms with Crippen LogP contribution in [0.25, 0.3) is 0 Å². The molecule has 0 bridgehead atoms. The number of halogens is 1. The van der Waals surface area contributed by atoms with Crippen molar-refractivity contribution in [3.8, 4) is 0 Å². The Morgan fingerprint density at radius 1 is 1.28 bits per heavy atom. The zero-order chi connectivity index (χ0) is 13.0. The third kappa shape index (κ3) is 3.01. The topological polar surface area (TPSA) is 67.8 Å². The number of rotatable bonds is 3. The second-order valence-corrected chi connectivity index (χ2v) is 4.00. The smallest absolute Gasteiger partial charge is 0.270 e. The molecule has 0 aliphatic carbocycles. The van der Waals surface area contributed by atoms with E-state index in [1.54, 1.807) is 6.20 Å². The zero-order valence-corrected chi connectivity index (χ0v) is 10.4. The SMILES string of the molecule is CC(NC(=O)c1ccnc(Cl)n1)c1ccccn1. The molecule has 0 aliphatic rings. The number of hydrogen-bond donors (Lipinski definition) is 1. The summed E-state index contributed by atoms with van der Waals surface area (Å²) in [5.74, 6) is -0.308. The average molecular weight is 263 g/mol. The van der Waals surface area contributed by atoms with Crippen molar-refractivity contribution in [3.05, 3.63) is 53.3 Å². The van der Waals surface area contributed by atoms with Crippen LogP contribution in [-0.2, 0) is 0 Å². The summed E-state index contributed by atoms with van der Waals surface area (Å²) in [6.45, 7) is 1.85. The molecule has 0 saturated carbocycles. The third-order valence-electron chi connectivity index (χ3n) is 2.34. The predicted octanol–water partition coefficient (Wildman–Crippen LogP) is 2.02. The molecule has 2 heterocycles. The van der Waals surface area contributed by atoms with Gasteiger partial charge in [0, 0.05) is 12.4 Å². The van der Waals surface area contributed by atoms with Crippen molar-refractivity contribution in [1.82, 2.24) is 20.3 Å². The molecule has 1 N–H and O–H groups in total. The van der Waals surface area contributed by atoms with Crippen LogP contribution < -0.4 is 5.32 Å². The van der Waals surface area contributed by atoms with Crippen molar-refractivity contribution in [2.75, 3.05) is 0 Å². The maximum Gasteiger partial charge on any atom is 0.270 e. The minimum absolute atomic E-state index is 0.0492. The molecule has 1 atom stereocenters. The van der Waals surface area contributed by atoms with Crippen LogP contribution in [0, 0.1) is 0 Å². The Labute approximate surface area is 109 Å². The van der Waals surface area contributed by atoms with Crippen molar-refractivity contribution in [1.29, 1.82) is 0 Å².